The van der Waals surface area contributed by atoms with E-state index in [1.807, 2.05) is 31.2 Å². The van der Waals surface area contributed by atoms with Crippen LogP contribution in [-0.4, -0.2) is 21.4 Å². The molecule has 28 heavy (non-hydrogen) atoms. The molecule has 1 aliphatic heterocycles. The molecule has 2 aromatic carbocycles. The maximum absolute atomic E-state index is 13.2. The molecule has 3 aromatic rings. The summed E-state index contributed by atoms with van der Waals surface area (Å²) in [6.45, 7) is 1.90. The van der Waals surface area contributed by atoms with Gasteiger partial charge in [0.15, 0.2) is 0 Å². The molecule has 0 fully saturated rings. The molecule has 0 aliphatic carbocycles. The number of benzene rings is 2. The van der Waals surface area contributed by atoms with Crippen LogP contribution in [0.25, 0.3) is 0 Å². The predicted octanol–water partition coefficient (Wildman–Crippen LogP) is 4.37. The first-order chi connectivity index (χ1) is 13.4. The Kier molecular flexibility index (Phi) is 4.72. The van der Waals surface area contributed by atoms with Gasteiger partial charge in [-0.25, -0.2) is 8.42 Å². The van der Waals surface area contributed by atoms with E-state index in [0.29, 0.717) is 11.4 Å². The molecule has 1 unspecified atom stereocenters. The van der Waals surface area contributed by atoms with Crippen LogP contribution in [-0.2, 0) is 14.6 Å². The van der Waals surface area contributed by atoms with Crippen LogP contribution < -0.4 is 10.1 Å². The second kappa shape index (κ2) is 7.07. The molecule has 0 saturated carbocycles. The summed E-state index contributed by atoms with van der Waals surface area (Å²) in [7, 11) is -2.15. The first-order valence-corrected chi connectivity index (χ1v) is 11.1. The van der Waals surface area contributed by atoms with E-state index < -0.39 is 9.84 Å². The van der Waals surface area contributed by atoms with Crippen LogP contribution in [0.4, 0.5) is 5.69 Å². The Morgan fingerprint density at radius 1 is 1.11 bits per heavy atom. The van der Waals surface area contributed by atoms with Crippen molar-refractivity contribution in [2.24, 2.45) is 0 Å². The summed E-state index contributed by atoms with van der Waals surface area (Å²) in [6, 6.07) is 14.2. The quantitative estimate of drug-likeness (QED) is 0.689. The van der Waals surface area contributed by atoms with Crippen LogP contribution in [0.3, 0.4) is 0 Å². The molecule has 7 heteroatoms. The van der Waals surface area contributed by atoms with Gasteiger partial charge in [-0.1, -0.05) is 35.9 Å². The van der Waals surface area contributed by atoms with Crippen LogP contribution in [0.15, 0.2) is 63.7 Å². The smallest absolute Gasteiger partial charge is 0.225 e. The highest BCUT2D eigenvalue weighted by molar-refractivity contribution is 7.91. The number of carbonyl (C=O) groups excluding carboxylic acids is 1. The van der Waals surface area contributed by atoms with Gasteiger partial charge in [0.05, 0.1) is 17.7 Å². The molecule has 1 amide bonds. The lowest BCUT2D eigenvalue weighted by Gasteiger charge is -2.25. The molecule has 0 spiro atoms. The van der Waals surface area contributed by atoms with Crippen molar-refractivity contribution in [2.45, 2.75) is 29.1 Å². The number of carbonyl (C=O) groups is 1. The van der Waals surface area contributed by atoms with Gasteiger partial charge in [0.1, 0.15) is 10.6 Å². The molecule has 144 valence electrons. The van der Waals surface area contributed by atoms with E-state index in [-0.39, 0.29) is 28.0 Å². The Hall–Kier alpha value is -2.64. The van der Waals surface area contributed by atoms with Crippen LogP contribution >= 0.6 is 11.3 Å². The summed E-state index contributed by atoms with van der Waals surface area (Å²) < 4.78 is 31.8. The fourth-order valence-electron chi connectivity index (χ4n) is 3.45. The van der Waals surface area contributed by atoms with Gasteiger partial charge in [0.2, 0.25) is 15.7 Å². The number of thiophene rings is 1. The van der Waals surface area contributed by atoms with E-state index in [0.717, 1.165) is 16.0 Å². The number of methoxy groups -OCH3 is 1. The second-order valence-corrected chi connectivity index (χ2v) is 9.53. The molecule has 0 radical (unpaired) electrons. The summed E-state index contributed by atoms with van der Waals surface area (Å²) in [5.74, 6) is 0.235. The molecule has 1 N–H and O–H groups in total. The van der Waals surface area contributed by atoms with Crippen molar-refractivity contribution < 1.29 is 17.9 Å². The zero-order valence-corrected chi connectivity index (χ0v) is 17.1. The number of aryl methyl sites for hydroxylation is 1. The zero-order chi connectivity index (χ0) is 19.9. The SMILES string of the molecule is COc1ccccc1C1CC(=O)Nc2c(S(=O)(=O)c3ccc(C)cc3)csc21. The number of fused-ring (bicyclic) bond motifs is 1. The third-order valence-corrected chi connectivity index (χ3v) is 7.93. The van der Waals surface area contributed by atoms with Gasteiger partial charge < -0.3 is 10.1 Å². The highest BCUT2D eigenvalue weighted by atomic mass is 32.2. The predicted molar refractivity (Wildman–Crippen MR) is 109 cm³/mol. The fourth-order valence-corrected chi connectivity index (χ4v) is 6.35. The largest absolute Gasteiger partial charge is 0.496 e. The van der Waals surface area contributed by atoms with Gasteiger partial charge in [-0.05, 0) is 25.1 Å². The van der Waals surface area contributed by atoms with Gasteiger partial charge in [0.25, 0.3) is 0 Å². The van der Waals surface area contributed by atoms with Crippen molar-refractivity contribution in [1.29, 1.82) is 0 Å². The Labute approximate surface area is 167 Å². The number of nitrogens with one attached hydrogen (secondary N) is 1. The highest BCUT2D eigenvalue weighted by Crippen LogP contribution is 2.47. The molecule has 1 aromatic heterocycles. The van der Waals surface area contributed by atoms with E-state index in [4.69, 9.17) is 4.74 Å². The van der Waals surface area contributed by atoms with E-state index in [9.17, 15) is 13.2 Å². The maximum atomic E-state index is 13.2. The molecule has 1 atom stereocenters. The lowest BCUT2D eigenvalue weighted by Crippen LogP contribution is -2.23. The third-order valence-electron chi connectivity index (χ3n) is 4.89. The topological polar surface area (TPSA) is 72.5 Å². The first-order valence-electron chi connectivity index (χ1n) is 8.77. The van der Waals surface area contributed by atoms with Crippen LogP contribution in [0, 0.1) is 6.92 Å². The first kappa shape index (κ1) is 18.7. The summed E-state index contributed by atoms with van der Waals surface area (Å²) in [4.78, 5) is 13.6. The zero-order valence-electron chi connectivity index (χ0n) is 15.4. The molecular weight excluding hydrogens is 394 g/mol. The van der Waals surface area contributed by atoms with E-state index >= 15 is 0 Å². The Morgan fingerprint density at radius 2 is 1.82 bits per heavy atom. The number of anilines is 1. The van der Waals surface area contributed by atoms with E-state index in [1.54, 1.807) is 36.8 Å². The molecule has 5 nitrogen and oxygen atoms in total. The second-order valence-electron chi connectivity index (χ2n) is 6.70. The van der Waals surface area contributed by atoms with Crippen LogP contribution in [0.1, 0.15) is 28.3 Å². The monoisotopic (exact) mass is 413 g/mol. The van der Waals surface area contributed by atoms with E-state index in [1.165, 1.54) is 11.3 Å². The summed E-state index contributed by atoms with van der Waals surface area (Å²) in [5, 5.41) is 4.40. The summed E-state index contributed by atoms with van der Waals surface area (Å²) >= 11 is 1.35. The number of sulfone groups is 1. The Bertz CT molecular complexity index is 1150. The fraction of sp³-hybridized carbons (Fsp3) is 0.190. The van der Waals surface area contributed by atoms with Crippen molar-refractivity contribution in [3.63, 3.8) is 0 Å². The molecular formula is C21H19NO4S2. The number of hydrogen-bond donors (Lipinski definition) is 1. The number of para-hydroxylation sites is 1. The molecule has 2 heterocycles. The molecule has 1 aliphatic rings. The summed E-state index contributed by atoms with van der Waals surface area (Å²) in [6.07, 6.45) is 0.248. The van der Waals surface area contributed by atoms with Crippen molar-refractivity contribution in [3.8, 4) is 5.75 Å². The minimum Gasteiger partial charge on any atom is -0.496 e. The van der Waals surface area contributed by atoms with E-state index in [2.05, 4.69) is 5.32 Å². The number of amides is 1. The van der Waals surface area contributed by atoms with Gasteiger partial charge >= 0.3 is 0 Å². The summed E-state index contributed by atoms with van der Waals surface area (Å²) in [5.41, 5.74) is 2.25. The van der Waals surface area contributed by atoms with Crippen LogP contribution in [0.5, 0.6) is 5.75 Å². The molecule has 0 saturated heterocycles. The third kappa shape index (κ3) is 3.10. The Morgan fingerprint density at radius 3 is 2.54 bits per heavy atom. The van der Waals surface area contributed by atoms with Gasteiger partial charge in [-0.3, -0.25) is 4.79 Å². The number of hydrogen-bond acceptors (Lipinski definition) is 5. The lowest BCUT2D eigenvalue weighted by molar-refractivity contribution is -0.116. The minimum absolute atomic E-state index is 0.143. The lowest BCUT2D eigenvalue weighted by atomic mass is 9.90. The van der Waals surface area contributed by atoms with Crippen molar-refractivity contribution in [1.82, 2.24) is 0 Å². The van der Waals surface area contributed by atoms with Gasteiger partial charge in [-0.15, -0.1) is 11.3 Å². The highest BCUT2D eigenvalue weighted by Gasteiger charge is 2.35. The van der Waals surface area contributed by atoms with Crippen molar-refractivity contribution >= 4 is 32.8 Å². The van der Waals surface area contributed by atoms with Crippen molar-refractivity contribution in [2.75, 3.05) is 12.4 Å². The minimum atomic E-state index is -3.73. The standard InChI is InChI=1S/C21H19NO4S2/c1-13-7-9-14(10-8-13)28(24,25)18-12-27-21-16(11-19(23)22-20(18)21)15-5-3-4-6-17(15)26-2/h3-10,12,16H,11H2,1-2H3,(H,22,23). The molecule has 4 rings (SSSR count). The average Bonchev–Trinajstić information content (AvgIpc) is 3.12. The average molecular weight is 414 g/mol. The van der Waals surface area contributed by atoms with Gasteiger partial charge in [0, 0.05) is 28.2 Å². The van der Waals surface area contributed by atoms with Crippen molar-refractivity contribution in [3.05, 3.63) is 69.9 Å². The normalized spacial score (nSPS) is 16.4. The van der Waals surface area contributed by atoms with Crippen LogP contribution in [0.2, 0.25) is 0 Å². The van der Waals surface area contributed by atoms with Gasteiger partial charge in [-0.2, -0.15) is 0 Å². The Balaban J connectivity index is 1.84. The maximum Gasteiger partial charge on any atom is 0.225 e. The molecule has 0 bridgehead atoms. The number of ether oxygens (including phenoxy) is 1. The number of rotatable bonds is 4.